The van der Waals surface area contributed by atoms with Gasteiger partial charge in [-0.25, -0.2) is 0 Å². The third-order valence-electron chi connectivity index (χ3n) is 2.57. The first-order valence-corrected chi connectivity index (χ1v) is 7.02. The van der Waals surface area contributed by atoms with Crippen LogP contribution in [0.2, 0.25) is 5.02 Å². The summed E-state index contributed by atoms with van der Waals surface area (Å²) in [6.45, 7) is 0. The van der Waals surface area contributed by atoms with Gasteiger partial charge in [-0.05, 0) is 18.6 Å². The van der Waals surface area contributed by atoms with Crippen LogP contribution in [0.15, 0.2) is 12.1 Å². The fourth-order valence-corrected chi connectivity index (χ4v) is 2.38. The van der Waals surface area contributed by atoms with Gasteiger partial charge in [-0.1, -0.05) is 11.6 Å². The van der Waals surface area contributed by atoms with Crippen LogP contribution in [0.1, 0.15) is 12.0 Å². The van der Waals surface area contributed by atoms with Gasteiger partial charge < -0.3 is 9.50 Å². The van der Waals surface area contributed by atoms with Gasteiger partial charge in [0, 0.05) is 12.0 Å². The lowest BCUT2D eigenvalue weighted by Gasteiger charge is -2.21. The molecule has 1 aliphatic rings. The van der Waals surface area contributed by atoms with Crippen molar-refractivity contribution in [2.24, 2.45) is 0 Å². The molecule has 1 N–H and O–H groups in total. The van der Waals surface area contributed by atoms with Gasteiger partial charge in [-0.2, -0.15) is 21.6 Å². The van der Waals surface area contributed by atoms with E-state index >= 15 is 0 Å². The summed E-state index contributed by atoms with van der Waals surface area (Å²) in [5.41, 5.74) is -5.35. The van der Waals surface area contributed by atoms with Gasteiger partial charge >= 0.3 is 15.6 Å². The topological polar surface area (TPSA) is 72.5 Å². The summed E-state index contributed by atoms with van der Waals surface area (Å²) < 4.78 is 62.9. The number of hydrogen-bond donors (Lipinski definition) is 1. The van der Waals surface area contributed by atoms with E-state index in [4.69, 9.17) is 11.6 Å². The van der Waals surface area contributed by atoms with Crippen molar-refractivity contribution in [3.63, 3.8) is 0 Å². The Balaban J connectivity index is 2.45. The van der Waals surface area contributed by atoms with Crippen molar-refractivity contribution in [2.45, 2.75) is 18.3 Å². The van der Waals surface area contributed by atoms with Crippen LogP contribution >= 0.6 is 11.6 Å². The molecule has 1 aromatic rings. The van der Waals surface area contributed by atoms with E-state index in [0.29, 0.717) is 0 Å². The molecule has 0 saturated heterocycles. The lowest BCUT2D eigenvalue weighted by molar-refractivity contribution is -0.116. The summed E-state index contributed by atoms with van der Waals surface area (Å²) >= 11 is 5.80. The van der Waals surface area contributed by atoms with Crippen molar-refractivity contribution in [1.82, 2.24) is 0 Å². The molecule has 10 heteroatoms. The largest absolute Gasteiger partial charge is 0.534 e. The number of hydrogen-bond acceptors (Lipinski definition) is 4. The number of fused-ring (bicyclic) bond motifs is 1. The number of carbonyl (C=O) groups is 1. The molecule has 1 aromatic carbocycles. The highest BCUT2D eigenvalue weighted by Gasteiger charge is 2.49. The average molecular weight is 330 g/mol. The summed E-state index contributed by atoms with van der Waals surface area (Å²) in [5.74, 6) is -0.864. The second kappa shape index (κ2) is 4.81. The zero-order valence-electron chi connectivity index (χ0n) is 9.62. The van der Waals surface area contributed by atoms with E-state index in [0.717, 1.165) is 12.1 Å². The molecule has 0 bridgehead atoms. The lowest BCUT2D eigenvalue weighted by atomic mass is 10.0. The van der Waals surface area contributed by atoms with Crippen molar-refractivity contribution in [3.05, 3.63) is 22.7 Å². The molecule has 0 radical (unpaired) electrons. The Kier molecular flexibility index (Phi) is 3.59. The standard InChI is InChI=1S/C10H7ClF3NO4S/c11-6-2-3-7(19-20(17,18)10(12,13)14)5-1-4-8(16)15-9(5)6/h2-3H,1,4H2,(H,15,16). The number of rotatable bonds is 2. The Bertz CT molecular complexity index is 672. The summed E-state index contributed by atoms with van der Waals surface area (Å²) in [6, 6.07) is 2.16. The molecule has 5 nitrogen and oxygen atoms in total. The predicted molar refractivity (Wildman–Crippen MR) is 64.0 cm³/mol. The molecular weight excluding hydrogens is 323 g/mol. The predicted octanol–water partition coefficient (Wildman–Crippen LogP) is 2.45. The molecule has 20 heavy (non-hydrogen) atoms. The summed E-state index contributed by atoms with van der Waals surface area (Å²) in [6.07, 6.45) is 0.0280. The van der Waals surface area contributed by atoms with Gasteiger partial charge in [0.15, 0.2) is 0 Å². The summed E-state index contributed by atoms with van der Waals surface area (Å²) in [5, 5.41) is 2.45. The van der Waals surface area contributed by atoms with Crippen LogP contribution in [0.4, 0.5) is 18.9 Å². The third-order valence-corrected chi connectivity index (χ3v) is 3.85. The maximum Gasteiger partial charge on any atom is 0.534 e. The van der Waals surface area contributed by atoms with Gasteiger partial charge in [-0.15, -0.1) is 0 Å². The summed E-state index contributed by atoms with van der Waals surface area (Å²) in [7, 11) is -5.77. The minimum absolute atomic E-state index is 0.00420. The fourth-order valence-electron chi connectivity index (χ4n) is 1.67. The Morgan fingerprint density at radius 2 is 1.90 bits per heavy atom. The summed E-state index contributed by atoms with van der Waals surface area (Å²) in [4.78, 5) is 11.2. The Hall–Kier alpha value is -1.48. The Morgan fingerprint density at radius 1 is 1.25 bits per heavy atom. The van der Waals surface area contributed by atoms with Gasteiger partial charge in [0.05, 0.1) is 10.7 Å². The number of nitrogens with one attached hydrogen (secondary N) is 1. The van der Waals surface area contributed by atoms with Crippen molar-refractivity contribution in [1.29, 1.82) is 0 Å². The highest BCUT2D eigenvalue weighted by atomic mass is 35.5. The van der Waals surface area contributed by atoms with Crippen LogP contribution in [0, 0.1) is 0 Å². The van der Waals surface area contributed by atoms with Crippen molar-refractivity contribution >= 4 is 33.3 Å². The van der Waals surface area contributed by atoms with E-state index in [9.17, 15) is 26.4 Å². The van der Waals surface area contributed by atoms with Crippen molar-refractivity contribution < 1.29 is 30.6 Å². The van der Waals surface area contributed by atoms with Crippen LogP contribution < -0.4 is 9.50 Å². The first-order valence-electron chi connectivity index (χ1n) is 5.24. The Morgan fingerprint density at radius 3 is 2.50 bits per heavy atom. The fraction of sp³-hybridized carbons (Fsp3) is 0.300. The van der Waals surface area contributed by atoms with Gasteiger partial charge in [0.25, 0.3) is 0 Å². The van der Waals surface area contributed by atoms with E-state index in [1.807, 2.05) is 0 Å². The molecule has 0 aromatic heterocycles. The van der Waals surface area contributed by atoms with Crippen LogP contribution in [0.5, 0.6) is 5.75 Å². The number of amides is 1. The first kappa shape index (κ1) is 14.9. The first-order chi connectivity index (χ1) is 9.12. The minimum Gasteiger partial charge on any atom is -0.376 e. The monoisotopic (exact) mass is 329 g/mol. The average Bonchev–Trinajstić information content (AvgIpc) is 2.31. The number of alkyl halides is 3. The Labute approximate surface area is 116 Å². The highest BCUT2D eigenvalue weighted by molar-refractivity contribution is 7.88. The number of carbonyl (C=O) groups excluding carboxylic acids is 1. The van der Waals surface area contributed by atoms with Crippen LogP contribution in [-0.2, 0) is 21.3 Å². The molecule has 1 amide bonds. The quantitative estimate of drug-likeness (QED) is 0.668. The molecule has 110 valence electrons. The van der Waals surface area contributed by atoms with Crippen LogP contribution in [0.3, 0.4) is 0 Å². The van der Waals surface area contributed by atoms with E-state index in [1.165, 1.54) is 0 Å². The van der Waals surface area contributed by atoms with E-state index in [2.05, 4.69) is 9.50 Å². The molecule has 0 fully saturated rings. The van der Waals surface area contributed by atoms with Crippen molar-refractivity contribution in [2.75, 3.05) is 5.32 Å². The van der Waals surface area contributed by atoms with Crippen molar-refractivity contribution in [3.8, 4) is 5.75 Å². The lowest BCUT2D eigenvalue weighted by Crippen LogP contribution is -2.29. The second-order valence-corrected chi connectivity index (χ2v) is 5.88. The normalized spacial score (nSPS) is 15.5. The van der Waals surface area contributed by atoms with Crippen LogP contribution in [-0.4, -0.2) is 19.8 Å². The van der Waals surface area contributed by atoms with Gasteiger partial charge in [0.1, 0.15) is 5.75 Å². The molecule has 0 unspecified atom stereocenters. The number of anilines is 1. The molecular formula is C10H7ClF3NO4S. The smallest absolute Gasteiger partial charge is 0.376 e. The van der Waals surface area contributed by atoms with Crippen LogP contribution in [0.25, 0.3) is 0 Å². The molecule has 0 atom stereocenters. The zero-order valence-corrected chi connectivity index (χ0v) is 11.2. The SMILES string of the molecule is O=C1CCc2c(OS(=O)(=O)C(F)(F)F)ccc(Cl)c2N1. The van der Waals surface area contributed by atoms with E-state index in [1.54, 1.807) is 0 Å². The molecule has 2 rings (SSSR count). The maximum atomic E-state index is 12.3. The highest BCUT2D eigenvalue weighted by Crippen LogP contribution is 2.38. The van der Waals surface area contributed by atoms with E-state index < -0.39 is 21.4 Å². The number of benzene rings is 1. The van der Waals surface area contributed by atoms with E-state index in [-0.39, 0.29) is 35.0 Å². The third kappa shape index (κ3) is 2.68. The number of halogens is 4. The second-order valence-electron chi connectivity index (χ2n) is 3.93. The molecule has 0 spiro atoms. The molecule has 1 aliphatic heterocycles. The molecule has 1 heterocycles. The molecule has 0 saturated carbocycles. The van der Waals surface area contributed by atoms with Gasteiger partial charge in [-0.3, -0.25) is 4.79 Å². The zero-order chi connectivity index (χ0) is 15.1. The maximum absolute atomic E-state index is 12.3. The van der Waals surface area contributed by atoms with Gasteiger partial charge in [0.2, 0.25) is 5.91 Å². The minimum atomic E-state index is -5.77. The molecule has 0 aliphatic carbocycles.